The molecular weight excluding hydrogens is 272 g/mol. The Morgan fingerprint density at radius 3 is 2.15 bits per heavy atom. The summed E-state index contributed by atoms with van der Waals surface area (Å²) in [5.41, 5.74) is 1.06. The first kappa shape index (κ1) is 14.1. The largest absolute Gasteiger partial charge is 0.267 e. The predicted molar refractivity (Wildman–Crippen MR) is 77.8 cm³/mol. The van der Waals surface area contributed by atoms with Gasteiger partial charge in [-0.25, -0.2) is 8.42 Å². The van der Waals surface area contributed by atoms with Crippen LogP contribution in [0.3, 0.4) is 0 Å². The Kier molecular flexibility index (Phi) is 4.06. The van der Waals surface area contributed by atoms with Gasteiger partial charge < -0.3 is 0 Å². The Bertz CT molecular complexity index is 717. The zero-order chi connectivity index (χ0) is 14.6. The van der Waals surface area contributed by atoms with Gasteiger partial charge in [0.25, 0.3) is 10.0 Å². The summed E-state index contributed by atoms with van der Waals surface area (Å²) >= 11 is 0. The Labute approximate surface area is 118 Å². The van der Waals surface area contributed by atoms with Gasteiger partial charge in [-0.1, -0.05) is 18.2 Å². The van der Waals surface area contributed by atoms with Crippen LogP contribution in [0.5, 0.6) is 0 Å². The molecule has 0 atom stereocenters. The number of anilines is 1. The van der Waals surface area contributed by atoms with Crippen LogP contribution in [0.4, 0.5) is 5.69 Å². The second kappa shape index (κ2) is 5.76. The van der Waals surface area contributed by atoms with Crippen LogP contribution in [0.1, 0.15) is 12.5 Å². The van der Waals surface area contributed by atoms with Crippen molar-refractivity contribution in [3.05, 3.63) is 60.2 Å². The van der Waals surface area contributed by atoms with Gasteiger partial charge in [0.1, 0.15) is 0 Å². The smallest absolute Gasteiger partial charge is 0.264 e. The predicted octanol–water partition coefficient (Wildman–Crippen LogP) is 2.77. The lowest BCUT2D eigenvalue weighted by molar-refractivity contribution is 0.592. The van der Waals surface area contributed by atoms with Crippen molar-refractivity contribution < 1.29 is 8.42 Å². The maximum absolute atomic E-state index is 12.6. The number of hydrogen-bond donors (Lipinski definition) is 0. The maximum Gasteiger partial charge on any atom is 0.264 e. The highest BCUT2D eigenvalue weighted by molar-refractivity contribution is 7.92. The molecule has 2 rings (SSSR count). The molecule has 0 saturated heterocycles. The highest BCUT2D eigenvalue weighted by atomic mass is 32.2. The summed E-state index contributed by atoms with van der Waals surface area (Å²) in [7, 11) is -3.61. The van der Waals surface area contributed by atoms with E-state index in [0.29, 0.717) is 17.8 Å². The fourth-order valence-corrected chi connectivity index (χ4v) is 3.39. The molecule has 4 nitrogen and oxygen atoms in total. The number of nitriles is 1. The molecule has 0 aliphatic heterocycles. The topological polar surface area (TPSA) is 61.2 Å². The molecule has 0 fully saturated rings. The van der Waals surface area contributed by atoms with Gasteiger partial charge in [-0.2, -0.15) is 5.26 Å². The summed E-state index contributed by atoms with van der Waals surface area (Å²) in [6.07, 6.45) is 0. The lowest BCUT2D eigenvalue weighted by Crippen LogP contribution is -2.30. The molecule has 20 heavy (non-hydrogen) atoms. The fraction of sp³-hybridized carbons (Fsp3) is 0.133. The Balaban J connectivity index is 2.44. The van der Waals surface area contributed by atoms with Gasteiger partial charge in [0.2, 0.25) is 0 Å². The van der Waals surface area contributed by atoms with Crippen LogP contribution in [-0.2, 0) is 10.0 Å². The zero-order valence-corrected chi connectivity index (χ0v) is 11.8. The number of sulfonamides is 1. The minimum Gasteiger partial charge on any atom is -0.267 e. The molecular formula is C15H14N2O2S. The molecule has 0 aliphatic carbocycles. The monoisotopic (exact) mass is 286 g/mol. The molecule has 0 N–H and O–H groups in total. The Hall–Kier alpha value is -2.32. The average molecular weight is 286 g/mol. The second-order valence-corrected chi connectivity index (χ2v) is 6.00. The number of hydrogen-bond acceptors (Lipinski definition) is 3. The summed E-state index contributed by atoms with van der Waals surface area (Å²) in [4.78, 5) is 0.183. The van der Waals surface area contributed by atoms with E-state index in [9.17, 15) is 8.42 Å². The van der Waals surface area contributed by atoms with Crippen molar-refractivity contribution in [2.24, 2.45) is 0 Å². The average Bonchev–Trinajstić information content (AvgIpc) is 2.49. The van der Waals surface area contributed by atoms with Crippen LogP contribution in [0.2, 0.25) is 0 Å². The summed E-state index contributed by atoms with van der Waals surface area (Å²) < 4.78 is 26.6. The molecule has 0 heterocycles. The standard InChI is InChI=1S/C15H14N2O2S/c1-2-17(14-6-4-3-5-7-14)20(18,19)15-10-8-13(12-16)9-11-15/h3-11H,2H2,1H3. The van der Waals surface area contributed by atoms with Gasteiger partial charge in [-0.3, -0.25) is 4.31 Å². The third-order valence-electron chi connectivity index (χ3n) is 2.90. The van der Waals surface area contributed by atoms with Crippen molar-refractivity contribution >= 4 is 15.7 Å². The molecule has 0 unspecified atom stereocenters. The first-order valence-corrected chi connectivity index (χ1v) is 7.61. The normalized spacial score (nSPS) is 10.8. The summed E-state index contributed by atoms with van der Waals surface area (Å²) in [6, 6.07) is 16.8. The summed E-state index contributed by atoms with van der Waals surface area (Å²) in [5, 5.41) is 8.75. The lowest BCUT2D eigenvalue weighted by atomic mass is 10.2. The van der Waals surface area contributed by atoms with Crippen molar-refractivity contribution in [2.45, 2.75) is 11.8 Å². The van der Waals surface area contributed by atoms with Crippen molar-refractivity contribution in [3.63, 3.8) is 0 Å². The Morgan fingerprint density at radius 2 is 1.65 bits per heavy atom. The molecule has 2 aromatic carbocycles. The van der Waals surface area contributed by atoms with E-state index in [0.717, 1.165) is 0 Å². The second-order valence-electron chi connectivity index (χ2n) is 4.14. The van der Waals surface area contributed by atoms with Crippen LogP contribution in [0, 0.1) is 11.3 Å². The number of nitrogens with zero attached hydrogens (tertiary/aromatic N) is 2. The van der Waals surface area contributed by atoms with Gasteiger partial charge in [0.05, 0.1) is 22.2 Å². The molecule has 5 heteroatoms. The van der Waals surface area contributed by atoms with E-state index in [1.807, 2.05) is 12.1 Å². The van der Waals surface area contributed by atoms with Crippen molar-refractivity contribution in [2.75, 3.05) is 10.8 Å². The highest BCUT2D eigenvalue weighted by Crippen LogP contribution is 2.23. The van der Waals surface area contributed by atoms with E-state index in [2.05, 4.69) is 0 Å². The van der Waals surface area contributed by atoms with Gasteiger partial charge in [0, 0.05) is 6.54 Å². The van der Waals surface area contributed by atoms with Gasteiger partial charge in [-0.05, 0) is 43.3 Å². The molecule has 0 aromatic heterocycles. The Morgan fingerprint density at radius 1 is 1.05 bits per heavy atom. The van der Waals surface area contributed by atoms with E-state index in [-0.39, 0.29) is 4.90 Å². The minimum absolute atomic E-state index is 0.183. The van der Waals surface area contributed by atoms with E-state index >= 15 is 0 Å². The molecule has 0 saturated carbocycles. The first-order chi connectivity index (χ1) is 9.59. The number of benzene rings is 2. The molecule has 102 valence electrons. The molecule has 0 radical (unpaired) electrons. The minimum atomic E-state index is -3.61. The number of para-hydroxylation sites is 1. The van der Waals surface area contributed by atoms with Crippen molar-refractivity contribution in [3.8, 4) is 6.07 Å². The highest BCUT2D eigenvalue weighted by Gasteiger charge is 2.23. The lowest BCUT2D eigenvalue weighted by Gasteiger charge is -2.22. The molecule has 0 spiro atoms. The van der Waals surface area contributed by atoms with E-state index in [4.69, 9.17) is 5.26 Å². The third kappa shape index (κ3) is 2.65. The quantitative estimate of drug-likeness (QED) is 0.868. The van der Waals surface area contributed by atoms with E-state index in [1.54, 1.807) is 31.2 Å². The van der Waals surface area contributed by atoms with Crippen LogP contribution < -0.4 is 4.31 Å². The zero-order valence-electron chi connectivity index (χ0n) is 11.0. The molecule has 0 amide bonds. The summed E-state index contributed by atoms with van der Waals surface area (Å²) in [5.74, 6) is 0. The van der Waals surface area contributed by atoms with Gasteiger partial charge >= 0.3 is 0 Å². The molecule has 2 aromatic rings. The van der Waals surface area contributed by atoms with Gasteiger partial charge in [-0.15, -0.1) is 0 Å². The van der Waals surface area contributed by atoms with Crippen LogP contribution in [-0.4, -0.2) is 15.0 Å². The maximum atomic E-state index is 12.6. The molecule has 0 bridgehead atoms. The SMILES string of the molecule is CCN(c1ccccc1)S(=O)(=O)c1ccc(C#N)cc1. The summed E-state index contributed by atoms with van der Waals surface area (Å²) in [6.45, 7) is 2.13. The van der Waals surface area contributed by atoms with Crippen LogP contribution in [0.25, 0.3) is 0 Å². The fourth-order valence-electron chi connectivity index (χ4n) is 1.91. The van der Waals surface area contributed by atoms with Crippen LogP contribution in [0.15, 0.2) is 59.5 Å². The first-order valence-electron chi connectivity index (χ1n) is 6.17. The van der Waals surface area contributed by atoms with Crippen molar-refractivity contribution in [1.82, 2.24) is 0 Å². The number of rotatable bonds is 4. The van der Waals surface area contributed by atoms with Crippen LogP contribution >= 0.6 is 0 Å². The van der Waals surface area contributed by atoms with Gasteiger partial charge in [0.15, 0.2) is 0 Å². The van der Waals surface area contributed by atoms with Crippen molar-refractivity contribution in [1.29, 1.82) is 5.26 Å². The molecule has 0 aliphatic rings. The van der Waals surface area contributed by atoms with E-state index < -0.39 is 10.0 Å². The van der Waals surface area contributed by atoms with E-state index in [1.165, 1.54) is 28.6 Å². The third-order valence-corrected chi connectivity index (χ3v) is 4.82.